The van der Waals surface area contributed by atoms with Crippen LogP contribution in [0.4, 0.5) is 0 Å². The summed E-state index contributed by atoms with van der Waals surface area (Å²) < 4.78 is 0. The summed E-state index contributed by atoms with van der Waals surface area (Å²) in [6, 6.07) is 1.02. The molecule has 0 aromatic rings. The van der Waals surface area contributed by atoms with Crippen molar-refractivity contribution in [2.24, 2.45) is 5.73 Å². The number of hydrogen-bond donors (Lipinski definition) is 2. The van der Waals surface area contributed by atoms with Crippen LogP contribution in [0.1, 0.15) is 46.5 Å². The van der Waals surface area contributed by atoms with Gasteiger partial charge in [0.15, 0.2) is 0 Å². The van der Waals surface area contributed by atoms with Gasteiger partial charge in [-0.15, -0.1) is 0 Å². The molecule has 1 rings (SSSR count). The number of likely N-dealkylation sites (N-methyl/N-ethyl adjacent to an activating group) is 1. The van der Waals surface area contributed by atoms with Crippen LogP contribution in [0.5, 0.6) is 0 Å². The van der Waals surface area contributed by atoms with Crippen LogP contribution in [-0.4, -0.2) is 42.0 Å². The fourth-order valence-corrected chi connectivity index (χ4v) is 2.58. The zero-order valence-corrected chi connectivity index (χ0v) is 11.4. The van der Waals surface area contributed by atoms with Gasteiger partial charge in [0.05, 0.1) is 6.54 Å². The van der Waals surface area contributed by atoms with E-state index in [1.54, 1.807) is 0 Å². The first-order chi connectivity index (χ1) is 8.02. The van der Waals surface area contributed by atoms with E-state index in [1.165, 1.54) is 12.8 Å². The molecule has 0 heterocycles. The fraction of sp³-hybridized carbons (Fsp3) is 0.923. The minimum atomic E-state index is 0.126. The number of nitrogens with zero attached hydrogens (tertiary/aromatic N) is 1. The largest absolute Gasteiger partial charge is 0.353 e. The molecule has 1 aliphatic rings. The molecule has 1 amide bonds. The average Bonchev–Trinajstić information content (AvgIpc) is 2.24. The van der Waals surface area contributed by atoms with Crippen LogP contribution >= 0.6 is 0 Å². The number of carbonyl (C=O) groups excluding carboxylic acids is 1. The number of carbonyl (C=O) groups is 1. The second kappa shape index (κ2) is 6.97. The smallest absolute Gasteiger partial charge is 0.234 e. The van der Waals surface area contributed by atoms with E-state index < -0.39 is 0 Å². The molecule has 1 fully saturated rings. The van der Waals surface area contributed by atoms with Gasteiger partial charge in [0.25, 0.3) is 0 Å². The molecule has 0 radical (unpaired) electrons. The van der Waals surface area contributed by atoms with Gasteiger partial charge in [0, 0.05) is 18.1 Å². The van der Waals surface area contributed by atoms with Crippen molar-refractivity contribution in [3.05, 3.63) is 0 Å². The van der Waals surface area contributed by atoms with Crippen LogP contribution < -0.4 is 11.1 Å². The van der Waals surface area contributed by atoms with Crippen molar-refractivity contribution in [3.8, 4) is 0 Å². The predicted octanol–water partition coefficient (Wildman–Crippen LogP) is 1.10. The summed E-state index contributed by atoms with van der Waals surface area (Å²) in [4.78, 5) is 14.0. The van der Waals surface area contributed by atoms with Gasteiger partial charge in [0.1, 0.15) is 0 Å². The standard InChI is InChI=1S/C13H27N3O/c1-4-16(9-13(17)15-10(2)3)12-7-5-6-11(14)8-12/h10-12H,4-9,14H2,1-3H3,(H,15,17). The first-order valence-electron chi connectivity index (χ1n) is 6.82. The Morgan fingerprint density at radius 3 is 2.71 bits per heavy atom. The predicted molar refractivity (Wildman–Crippen MR) is 70.8 cm³/mol. The Hall–Kier alpha value is -0.610. The molecule has 0 aromatic heterocycles. The molecule has 2 atom stereocenters. The molecule has 2 unspecified atom stereocenters. The second-order valence-electron chi connectivity index (χ2n) is 5.37. The van der Waals surface area contributed by atoms with Gasteiger partial charge >= 0.3 is 0 Å². The van der Waals surface area contributed by atoms with Gasteiger partial charge in [-0.3, -0.25) is 9.69 Å². The van der Waals surface area contributed by atoms with Crippen molar-refractivity contribution >= 4 is 5.91 Å². The number of rotatable bonds is 5. The Morgan fingerprint density at radius 1 is 1.47 bits per heavy atom. The van der Waals surface area contributed by atoms with Gasteiger partial charge in [-0.2, -0.15) is 0 Å². The molecule has 17 heavy (non-hydrogen) atoms. The lowest BCUT2D eigenvalue weighted by molar-refractivity contribution is -0.123. The summed E-state index contributed by atoms with van der Waals surface area (Å²) in [6.07, 6.45) is 4.53. The van der Waals surface area contributed by atoms with Crippen LogP contribution in [0, 0.1) is 0 Å². The van der Waals surface area contributed by atoms with Gasteiger partial charge < -0.3 is 11.1 Å². The molecule has 1 aliphatic carbocycles. The Balaban J connectivity index is 2.44. The van der Waals surface area contributed by atoms with Gasteiger partial charge in [0.2, 0.25) is 5.91 Å². The van der Waals surface area contributed by atoms with Crippen LogP contribution in [0.3, 0.4) is 0 Å². The summed E-state index contributed by atoms with van der Waals surface area (Å²) in [6.45, 7) is 7.52. The molecule has 0 bridgehead atoms. The highest BCUT2D eigenvalue weighted by molar-refractivity contribution is 5.78. The highest BCUT2D eigenvalue weighted by Gasteiger charge is 2.25. The van der Waals surface area contributed by atoms with E-state index in [0.717, 1.165) is 19.4 Å². The topological polar surface area (TPSA) is 58.4 Å². The Morgan fingerprint density at radius 2 is 2.18 bits per heavy atom. The van der Waals surface area contributed by atoms with Crippen LogP contribution in [-0.2, 0) is 4.79 Å². The van der Waals surface area contributed by atoms with E-state index in [0.29, 0.717) is 18.6 Å². The molecular weight excluding hydrogens is 214 g/mol. The summed E-state index contributed by atoms with van der Waals surface area (Å²) >= 11 is 0. The monoisotopic (exact) mass is 241 g/mol. The third kappa shape index (κ3) is 5.04. The first-order valence-corrected chi connectivity index (χ1v) is 6.82. The SMILES string of the molecule is CCN(CC(=O)NC(C)C)C1CCCC(N)C1. The number of nitrogens with two attached hydrogens (primary N) is 1. The van der Waals surface area contributed by atoms with E-state index in [4.69, 9.17) is 5.73 Å². The number of nitrogens with one attached hydrogen (secondary N) is 1. The van der Waals surface area contributed by atoms with Crippen LogP contribution in [0.15, 0.2) is 0 Å². The van der Waals surface area contributed by atoms with E-state index in [9.17, 15) is 4.79 Å². The number of hydrogen-bond acceptors (Lipinski definition) is 3. The lowest BCUT2D eigenvalue weighted by Gasteiger charge is -2.35. The van der Waals surface area contributed by atoms with Crippen molar-refractivity contribution < 1.29 is 4.79 Å². The minimum absolute atomic E-state index is 0.126. The average molecular weight is 241 g/mol. The highest BCUT2D eigenvalue weighted by atomic mass is 16.2. The van der Waals surface area contributed by atoms with Crippen LogP contribution in [0.25, 0.3) is 0 Å². The van der Waals surface area contributed by atoms with Crippen molar-refractivity contribution in [1.29, 1.82) is 0 Å². The summed E-state index contributed by atoms with van der Waals surface area (Å²) in [5.74, 6) is 0.126. The summed E-state index contributed by atoms with van der Waals surface area (Å²) in [5.41, 5.74) is 6.00. The lowest BCUT2D eigenvalue weighted by Crippen LogP contribution is -2.47. The third-order valence-electron chi connectivity index (χ3n) is 3.41. The number of amides is 1. The van der Waals surface area contributed by atoms with Crippen molar-refractivity contribution in [1.82, 2.24) is 10.2 Å². The lowest BCUT2D eigenvalue weighted by atomic mass is 9.90. The highest BCUT2D eigenvalue weighted by Crippen LogP contribution is 2.21. The van der Waals surface area contributed by atoms with Crippen molar-refractivity contribution in [3.63, 3.8) is 0 Å². The summed E-state index contributed by atoms with van der Waals surface area (Å²) in [5, 5.41) is 2.95. The molecule has 4 heteroatoms. The molecular formula is C13H27N3O. The molecule has 0 aliphatic heterocycles. The maximum Gasteiger partial charge on any atom is 0.234 e. The third-order valence-corrected chi connectivity index (χ3v) is 3.41. The quantitative estimate of drug-likeness (QED) is 0.758. The zero-order valence-electron chi connectivity index (χ0n) is 11.4. The van der Waals surface area contributed by atoms with Crippen molar-refractivity contribution in [2.45, 2.75) is 64.6 Å². The first kappa shape index (κ1) is 14.5. The Labute approximate surface area is 105 Å². The van der Waals surface area contributed by atoms with E-state index in [-0.39, 0.29) is 11.9 Å². The molecule has 0 spiro atoms. The molecule has 0 saturated heterocycles. The maximum atomic E-state index is 11.8. The molecule has 1 saturated carbocycles. The van der Waals surface area contributed by atoms with E-state index >= 15 is 0 Å². The van der Waals surface area contributed by atoms with E-state index in [2.05, 4.69) is 17.1 Å². The van der Waals surface area contributed by atoms with Gasteiger partial charge in [-0.05, 0) is 39.7 Å². The molecule has 0 aromatic carbocycles. The molecule has 4 nitrogen and oxygen atoms in total. The Bertz CT molecular complexity index is 243. The zero-order chi connectivity index (χ0) is 12.8. The summed E-state index contributed by atoms with van der Waals surface area (Å²) in [7, 11) is 0. The Kier molecular flexibility index (Phi) is 5.92. The maximum absolute atomic E-state index is 11.8. The minimum Gasteiger partial charge on any atom is -0.353 e. The van der Waals surface area contributed by atoms with Crippen LogP contribution in [0.2, 0.25) is 0 Å². The molecule has 100 valence electrons. The van der Waals surface area contributed by atoms with E-state index in [1.807, 2.05) is 13.8 Å². The molecule has 3 N–H and O–H groups in total. The normalized spacial score (nSPS) is 25.3. The van der Waals surface area contributed by atoms with Gasteiger partial charge in [-0.25, -0.2) is 0 Å². The second-order valence-corrected chi connectivity index (χ2v) is 5.37. The van der Waals surface area contributed by atoms with Crippen molar-refractivity contribution in [2.75, 3.05) is 13.1 Å². The van der Waals surface area contributed by atoms with Gasteiger partial charge in [-0.1, -0.05) is 13.3 Å². The fourth-order valence-electron chi connectivity index (χ4n) is 2.58.